The van der Waals surface area contributed by atoms with Crippen LogP contribution in [0.15, 0.2) is 0 Å². The van der Waals surface area contributed by atoms with Crippen LogP contribution in [0, 0.1) is 5.41 Å². The summed E-state index contributed by atoms with van der Waals surface area (Å²) in [5.41, 5.74) is 5.24. The highest BCUT2D eigenvalue weighted by atomic mass is 16.6. The summed E-state index contributed by atoms with van der Waals surface area (Å²) >= 11 is 0. The Kier molecular flexibility index (Phi) is 2.66. The van der Waals surface area contributed by atoms with Crippen molar-refractivity contribution in [3.05, 3.63) is 0 Å². The number of carbonyl (C=O) groups is 1. The quantitative estimate of drug-likeness (QED) is 0.500. The fourth-order valence-corrected chi connectivity index (χ4v) is 1.95. The Morgan fingerprint density at radius 3 is 2.31 bits per heavy atom. The number of ether oxygens (including phenoxy) is 1. The van der Waals surface area contributed by atoms with Crippen LogP contribution in [-0.2, 0) is 9.53 Å². The summed E-state index contributed by atoms with van der Waals surface area (Å²) < 4.78 is 5.23. The number of hydrogen-bond acceptors (Lipinski definition) is 3. The van der Waals surface area contributed by atoms with Gasteiger partial charge in [0.25, 0.3) is 0 Å². The first-order chi connectivity index (χ1) is 5.87. The van der Waals surface area contributed by atoms with Crippen LogP contribution >= 0.6 is 0 Å². The maximum absolute atomic E-state index is 10.9. The second kappa shape index (κ2) is 3.29. The molecule has 0 spiro atoms. The third-order valence-corrected chi connectivity index (χ3v) is 3.07. The molecule has 3 heteroatoms. The predicted octanol–water partition coefficient (Wildman–Crippen LogP) is 1.80. The summed E-state index contributed by atoms with van der Waals surface area (Å²) in [5.74, 6) is -0.280. The van der Waals surface area contributed by atoms with Crippen LogP contribution in [0.3, 0.4) is 0 Å². The van der Waals surface area contributed by atoms with E-state index in [4.69, 9.17) is 10.5 Å². The molecule has 0 aromatic heterocycles. The average Bonchev–Trinajstić information content (AvgIpc) is 1.94. The molecule has 0 saturated heterocycles. The normalized spacial score (nSPS) is 32.6. The van der Waals surface area contributed by atoms with Crippen molar-refractivity contribution in [1.29, 1.82) is 0 Å². The molecule has 0 radical (unpaired) electrons. The molecule has 1 aliphatic rings. The largest absolute Gasteiger partial charge is 0.444 e. The monoisotopic (exact) mass is 185 g/mol. The lowest BCUT2D eigenvalue weighted by Gasteiger charge is -2.46. The number of hydrogen-bond donors (Lipinski definition) is 1. The molecule has 0 bridgehead atoms. The van der Waals surface area contributed by atoms with E-state index < -0.39 is 5.72 Å². The van der Waals surface area contributed by atoms with E-state index in [1.807, 2.05) is 0 Å². The van der Waals surface area contributed by atoms with Crippen LogP contribution in [0.5, 0.6) is 0 Å². The molecule has 0 heterocycles. The Morgan fingerprint density at radius 1 is 1.31 bits per heavy atom. The van der Waals surface area contributed by atoms with E-state index in [9.17, 15) is 4.79 Å². The minimum Gasteiger partial charge on any atom is -0.444 e. The van der Waals surface area contributed by atoms with E-state index in [-0.39, 0.29) is 11.4 Å². The Labute approximate surface area is 79.6 Å². The Hall–Kier alpha value is -0.570. The van der Waals surface area contributed by atoms with Gasteiger partial charge in [-0.15, -0.1) is 0 Å². The van der Waals surface area contributed by atoms with Crippen molar-refractivity contribution in [2.75, 3.05) is 0 Å². The summed E-state index contributed by atoms with van der Waals surface area (Å²) in [6.45, 7) is 5.55. The highest BCUT2D eigenvalue weighted by Gasteiger charge is 2.46. The van der Waals surface area contributed by atoms with Gasteiger partial charge in [-0.25, -0.2) is 0 Å². The van der Waals surface area contributed by atoms with E-state index in [1.54, 1.807) is 0 Å². The molecular weight excluding hydrogens is 166 g/mol. The van der Waals surface area contributed by atoms with Crippen molar-refractivity contribution in [2.24, 2.45) is 11.1 Å². The highest BCUT2D eigenvalue weighted by molar-refractivity contribution is 5.66. The van der Waals surface area contributed by atoms with Crippen molar-refractivity contribution in [1.82, 2.24) is 0 Å². The number of esters is 1. The third-order valence-electron chi connectivity index (χ3n) is 3.07. The summed E-state index contributed by atoms with van der Waals surface area (Å²) in [7, 11) is 0. The summed E-state index contributed by atoms with van der Waals surface area (Å²) in [6.07, 6.45) is 4.02. The van der Waals surface area contributed by atoms with Gasteiger partial charge in [0.2, 0.25) is 0 Å². The molecule has 1 rings (SSSR count). The fraction of sp³-hybridized carbons (Fsp3) is 0.900. The minimum atomic E-state index is -0.753. The van der Waals surface area contributed by atoms with Crippen molar-refractivity contribution in [3.63, 3.8) is 0 Å². The first-order valence-electron chi connectivity index (χ1n) is 4.86. The zero-order valence-corrected chi connectivity index (χ0v) is 8.72. The van der Waals surface area contributed by atoms with E-state index in [1.165, 1.54) is 13.3 Å². The van der Waals surface area contributed by atoms with Crippen molar-refractivity contribution < 1.29 is 9.53 Å². The average molecular weight is 185 g/mol. The second-order valence-electron chi connectivity index (χ2n) is 4.57. The van der Waals surface area contributed by atoms with Crippen LogP contribution in [0.25, 0.3) is 0 Å². The first-order valence-corrected chi connectivity index (χ1v) is 4.86. The molecule has 1 atom stereocenters. The van der Waals surface area contributed by atoms with Crippen LogP contribution in [0.1, 0.15) is 46.5 Å². The lowest BCUT2D eigenvalue weighted by atomic mass is 9.70. The highest BCUT2D eigenvalue weighted by Crippen LogP contribution is 2.42. The maximum atomic E-state index is 10.9. The van der Waals surface area contributed by atoms with Crippen LogP contribution < -0.4 is 5.73 Å². The Morgan fingerprint density at radius 2 is 1.85 bits per heavy atom. The number of rotatable bonds is 1. The molecule has 2 N–H and O–H groups in total. The van der Waals surface area contributed by atoms with Gasteiger partial charge >= 0.3 is 5.97 Å². The molecule has 3 nitrogen and oxygen atoms in total. The van der Waals surface area contributed by atoms with Crippen molar-refractivity contribution in [3.8, 4) is 0 Å². The Bertz CT molecular complexity index is 213. The predicted molar refractivity (Wildman–Crippen MR) is 50.9 cm³/mol. The first kappa shape index (κ1) is 10.5. The smallest absolute Gasteiger partial charge is 0.304 e. The van der Waals surface area contributed by atoms with E-state index in [2.05, 4.69) is 13.8 Å². The van der Waals surface area contributed by atoms with Crippen LogP contribution in [0.4, 0.5) is 0 Å². The topological polar surface area (TPSA) is 52.3 Å². The summed E-state index contributed by atoms with van der Waals surface area (Å²) in [5, 5.41) is 0. The summed E-state index contributed by atoms with van der Waals surface area (Å²) in [4.78, 5) is 10.9. The molecule has 0 amide bonds. The number of carbonyl (C=O) groups excluding carboxylic acids is 1. The van der Waals surface area contributed by atoms with Crippen molar-refractivity contribution in [2.45, 2.75) is 52.2 Å². The van der Waals surface area contributed by atoms with Gasteiger partial charge in [0.15, 0.2) is 5.72 Å². The zero-order valence-electron chi connectivity index (χ0n) is 8.72. The molecule has 1 saturated carbocycles. The maximum Gasteiger partial charge on any atom is 0.304 e. The van der Waals surface area contributed by atoms with Crippen LogP contribution in [0.2, 0.25) is 0 Å². The number of nitrogens with two attached hydrogens (primary N) is 1. The van der Waals surface area contributed by atoms with Crippen LogP contribution in [-0.4, -0.2) is 11.7 Å². The van der Waals surface area contributed by atoms with Gasteiger partial charge in [0, 0.05) is 18.8 Å². The SMILES string of the molecule is CC(=O)OC1(N)CCCCC1(C)C. The molecule has 1 fully saturated rings. The van der Waals surface area contributed by atoms with Gasteiger partial charge in [-0.2, -0.15) is 0 Å². The molecule has 76 valence electrons. The van der Waals surface area contributed by atoms with Gasteiger partial charge in [-0.05, 0) is 12.8 Å². The minimum absolute atomic E-state index is 0.100. The van der Waals surface area contributed by atoms with E-state index >= 15 is 0 Å². The molecule has 1 aliphatic carbocycles. The standard InChI is InChI=1S/C10H19NO2/c1-8(12)13-10(11)7-5-4-6-9(10,2)3/h4-7,11H2,1-3H3. The van der Waals surface area contributed by atoms with Crippen molar-refractivity contribution >= 4 is 5.97 Å². The molecular formula is C10H19NO2. The van der Waals surface area contributed by atoms with Gasteiger partial charge in [0.1, 0.15) is 0 Å². The molecule has 0 aliphatic heterocycles. The third kappa shape index (κ3) is 2.02. The molecule has 13 heavy (non-hydrogen) atoms. The molecule has 1 unspecified atom stereocenters. The van der Waals surface area contributed by atoms with Gasteiger partial charge in [0.05, 0.1) is 0 Å². The molecule has 0 aromatic rings. The fourth-order valence-electron chi connectivity index (χ4n) is 1.95. The van der Waals surface area contributed by atoms with Gasteiger partial charge in [-0.3, -0.25) is 10.5 Å². The lowest BCUT2D eigenvalue weighted by molar-refractivity contribution is -0.178. The van der Waals surface area contributed by atoms with Gasteiger partial charge in [-0.1, -0.05) is 20.3 Å². The van der Waals surface area contributed by atoms with E-state index in [0.717, 1.165) is 19.3 Å². The zero-order chi connectivity index (χ0) is 10.1. The van der Waals surface area contributed by atoms with Gasteiger partial charge < -0.3 is 4.74 Å². The van der Waals surface area contributed by atoms with E-state index in [0.29, 0.717) is 0 Å². The lowest BCUT2D eigenvalue weighted by Crippen LogP contribution is -2.57. The molecule has 0 aromatic carbocycles. The second-order valence-corrected chi connectivity index (χ2v) is 4.57. The Balaban J connectivity index is 2.77. The summed E-state index contributed by atoms with van der Waals surface area (Å²) in [6, 6.07) is 0.